The van der Waals surface area contributed by atoms with Crippen LogP contribution in [0.3, 0.4) is 0 Å². The van der Waals surface area contributed by atoms with Gasteiger partial charge in [0.15, 0.2) is 0 Å². The van der Waals surface area contributed by atoms with E-state index in [2.05, 4.69) is 27.2 Å². The molecule has 142 valence electrons. The van der Waals surface area contributed by atoms with E-state index in [9.17, 15) is 13.6 Å². The van der Waals surface area contributed by atoms with Crippen molar-refractivity contribution < 1.29 is 13.6 Å². The highest BCUT2D eigenvalue weighted by atomic mass is 35.5. The van der Waals surface area contributed by atoms with E-state index in [1.165, 1.54) is 17.9 Å². The van der Waals surface area contributed by atoms with Gasteiger partial charge >= 0.3 is 0 Å². The Balaban J connectivity index is 1.64. The molecule has 27 heavy (non-hydrogen) atoms. The number of pyridine rings is 1. The van der Waals surface area contributed by atoms with Crippen LogP contribution < -0.4 is 5.32 Å². The summed E-state index contributed by atoms with van der Waals surface area (Å²) in [6.45, 7) is 1.76. The molecule has 2 aromatic heterocycles. The zero-order valence-corrected chi connectivity index (χ0v) is 15.7. The van der Waals surface area contributed by atoms with Gasteiger partial charge in [0.2, 0.25) is 0 Å². The molecule has 1 aliphatic carbocycles. The minimum atomic E-state index is -2.82. The van der Waals surface area contributed by atoms with Crippen molar-refractivity contribution in [1.82, 2.24) is 20.1 Å². The lowest BCUT2D eigenvalue weighted by Gasteiger charge is -2.14. The number of nitrogens with one attached hydrogen (secondary N) is 1. The highest BCUT2D eigenvalue weighted by molar-refractivity contribution is 6.31. The summed E-state index contributed by atoms with van der Waals surface area (Å²) in [5, 5.41) is 6.80. The summed E-state index contributed by atoms with van der Waals surface area (Å²) in [6.07, 6.45) is 2.78. The Morgan fingerprint density at radius 2 is 2.22 bits per heavy atom. The van der Waals surface area contributed by atoms with E-state index < -0.39 is 18.0 Å². The van der Waals surface area contributed by atoms with E-state index in [1.807, 2.05) is 0 Å². The second kappa shape index (κ2) is 8.05. The Labute approximate surface area is 161 Å². The monoisotopic (exact) mass is 392 g/mol. The Kier molecular flexibility index (Phi) is 5.76. The summed E-state index contributed by atoms with van der Waals surface area (Å²) in [6, 6.07) is 1.40. The van der Waals surface area contributed by atoms with Gasteiger partial charge in [-0.2, -0.15) is 5.10 Å². The highest BCUT2D eigenvalue weighted by Gasteiger charge is 2.24. The number of halogens is 3. The minimum absolute atomic E-state index is 0.135. The molecule has 1 amide bonds. The lowest BCUT2D eigenvalue weighted by molar-refractivity contribution is 0.0925. The number of hydrogen-bond acceptors (Lipinski definition) is 3. The Hall–Kier alpha value is -2.46. The fraction of sp³-hybridized carbons (Fsp3) is 0.421. The zero-order valence-electron chi connectivity index (χ0n) is 15.0. The van der Waals surface area contributed by atoms with Gasteiger partial charge in [0.1, 0.15) is 5.69 Å². The number of nitrogens with zero attached hydrogens (tertiary/aromatic N) is 3. The smallest absolute Gasteiger partial charge is 0.282 e. The predicted molar refractivity (Wildman–Crippen MR) is 97.6 cm³/mol. The van der Waals surface area contributed by atoms with E-state index in [0.29, 0.717) is 23.1 Å². The second-order valence-corrected chi connectivity index (χ2v) is 7.08. The number of aryl methyl sites for hydroxylation is 1. The lowest BCUT2D eigenvalue weighted by Crippen LogP contribution is -2.34. The number of amides is 1. The molecule has 0 bridgehead atoms. The van der Waals surface area contributed by atoms with E-state index in [-0.39, 0.29) is 11.6 Å². The van der Waals surface area contributed by atoms with Crippen LogP contribution >= 0.6 is 11.6 Å². The van der Waals surface area contributed by atoms with Gasteiger partial charge in [-0.05, 0) is 25.8 Å². The van der Waals surface area contributed by atoms with Crippen molar-refractivity contribution in [2.24, 2.45) is 13.0 Å². The first-order valence-corrected chi connectivity index (χ1v) is 8.99. The highest BCUT2D eigenvalue weighted by Crippen LogP contribution is 2.27. The zero-order chi connectivity index (χ0) is 19.6. The molecular formula is C19H19ClF2N4O. The van der Waals surface area contributed by atoms with Gasteiger partial charge in [-0.3, -0.25) is 14.5 Å². The molecule has 1 atom stereocenters. The van der Waals surface area contributed by atoms with Crippen LogP contribution in [-0.2, 0) is 13.5 Å². The third-order valence-electron chi connectivity index (χ3n) is 4.10. The first kappa shape index (κ1) is 19.3. The third-order valence-corrected chi connectivity index (χ3v) is 4.43. The fourth-order valence-corrected chi connectivity index (χ4v) is 2.83. The number of rotatable bonds is 5. The van der Waals surface area contributed by atoms with Crippen molar-refractivity contribution >= 4 is 17.5 Å². The fourth-order valence-electron chi connectivity index (χ4n) is 2.58. The van der Waals surface area contributed by atoms with Crippen molar-refractivity contribution in [3.8, 4) is 11.8 Å². The molecule has 1 saturated carbocycles. The van der Waals surface area contributed by atoms with Gasteiger partial charge in [-0.15, -0.1) is 0 Å². The molecule has 0 aliphatic heterocycles. The average molecular weight is 393 g/mol. The maximum Gasteiger partial charge on any atom is 0.282 e. The second-order valence-electron chi connectivity index (χ2n) is 6.68. The van der Waals surface area contributed by atoms with Crippen molar-refractivity contribution in [2.45, 2.75) is 38.7 Å². The minimum Gasteiger partial charge on any atom is -0.349 e. The standard InChI is InChI=1S/C19H19ClF2N4O/c1-11(24-19(27)14-10-26(2)25-17(14)18(21)22)7-16-15(20)8-13(9-23-16)6-5-12-3-4-12/h8-12,18H,3-4,7H2,1-2H3,(H,24,27). The van der Waals surface area contributed by atoms with Crippen LogP contribution in [0.5, 0.6) is 0 Å². The molecule has 2 aromatic rings. The van der Waals surface area contributed by atoms with Crippen LogP contribution in [0.1, 0.15) is 53.5 Å². The summed E-state index contributed by atoms with van der Waals surface area (Å²) in [5.74, 6) is 6.09. The first-order chi connectivity index (χ1) is 12.8. The summed E-state index contributed by atoms with van der Waals surface area (Å²) < 4.78 is 27.2. The average Bonchev–Trinajstić information content (AvgIpc) is 3.34. The molecule has 1 fully saturated rings. The van der Waals surface area contributed by atoms with Crippen LogP contribution in [0.15, 0.2) is 18.5 Å². The molecule has 1 N–H and O–H groups in total. The van der Waals surface area contributed by atoms with E-state index in [1.54, 1.807) is 19.2 Å². The summed E-state index contributed by atoms with van der Waals surface area (Å²) >= 11 is 6.27. The van der Waals surface area contributed by atoms with E-state index in [0.717, 1.165) is 18.4 Å². The number of alkyl halides is 2. The quantitative estimate of drug-likeness (QED) is 0.792. The maximum absolute atomic E-state index is 13.0. The Morgan fingerprint density at radius 3 is 2.85 bits per heavy atom. The number of aromatic nitrogens is 3. The van der Waals surface area contributed by atoms with Crippen LogP contribution in [0.2, 0.25) is 5.02 Å². The van der Waals surface area contributed by atoms with Crippen molar-refractivity contribution in [3.05, 3.63) is 46.0 Å². The molecule has 1 aliphatic rings. The third kappa shape index (κ3) is 5.04. The molecule has 0 spiro atoms. The van der Waals surface area contributed by atoms with Crippen LogP contribution in [0, 0.1) is 17.8 Å². The van der Waals surface area contributed by atoms with Gasteiger partial charge in [-0.25, -0.2) is 8.78 Å². The Bertz CT molecular complexity index is 912. The molecule has 1 unspecified atom stereocenters. The first-order valence-electron chi connectivity index (χ1n) is 8.62. The largest absolute Gasteiger partial charge is 0.349 e. The molecule has 2 heterocycles. The molecule has 0 radical (unpaired) electrons. The number of hydrogen-bond donors (Lipinski definition) is 1. The molecule has 8 heteroatoms. The van der Waals surface area contributed by atoms with Gasteiger partial charge in [0, 0.05) is 43.4 Å². The van der Waals surface area contributed by atoms with Crippen LogP contribution in [0.4, 0.5) is 8.78 Å². The SMILES string of the molecule is CC(Cc1ncc(C#CC2CC2)cc1Cl)NC(=O)c1cn(C)nc1C(F)F. The van der Waals surface area contributed by atoms with E-state index in [4.69, 9.17) is 11.6 Å². The molecule has 3 rings (SSSR count). The maximum atomic E-state index is 13.0. The van der Waals surface area contributed by atoms with Crippen LogP contribution in [-0.4, -0.2) is 26.7 Å². The lowest BCUT2D eigenvalue weighted by atomic mass is 10.1. The summed E-state index contributed by atoms with van der Waals surface area (Å²) in [4.78, 5) is 16.6. The van der Waals surface area contributed by atoms with Gasteiger partial charge in [0.25, 0.3) is 12.3 Å². The summed E-state index contributed by atoms with van der Waals surface area (Å²) in [7, 11) is 1.49. The molecule has 0 saturated heterocycles. The van der Waals surface area contributed by atoms with Gasteiger partial charge < -0.3 is 5.32 Å². The van der Waals surface area contributed by atoms with E-state index >= 15 is 0 Å². The molecule has 0 aromatic carbocycles. The van der Waals surface area contributed by atoms with Gasteiger partial charge in [0.05, 0.1) is 16.3 Å². The van der Waals surface area contributed by atoms with Crippen LogP contribution in [0.25, 0.3) is 0 Å². The van der Waals surface area contributed by atoms with Crippen molar-refractivity contribution in [2.75, 3.05) is 0 Å². The number of carbonyl (C=O) groups excluding carboxylic acids is 1. The normalized spacial score (nSPS) is 14.6. The van der Waals surface area contributed by atoms with Gasteiger partial charge in [-0.1, -0.05) is 23.4 Å². The predicted octanol–water partition coefficient (Wildman–Crippen LogP) is 3.53. The Morgan fingerprint density at radius 1 is 1.48 bits per heavy atom. The van der Waals surface area contributed by atoms with Crippen molar-refractivity contribution in [3.63, 3.8) is 0 Å². The molecular weight excluding hydrogens is 374 g/mol. The summed E-state index contributed by atoms with van der Waals surface area (Å²) in [5.41, 5.74) is 0.701. The topological polar surface area (TPSA) is 59.8 Å². The molecule has 5 nitrogen and oxygen atoms in total. The number of carbonyl (C=O) groups is 1. The van der Waals surface area contributed by atoms with Crippen molar-refractivity contribution in [1.29, 1.82) is 0 Å².